The van der Waals surface area contributed by atoms with E-state index in [4.69, 9.17) is 0 Å². The van der Waals surface area contributed by atoms with E-state index in [-0.39, 0.29) is 5.91 Å². The first-order valence-electron chi connectivity index (χ1n) is 8.14. The molecule has 0 saturated carbocycles. The van der Waals surface area contributed by atoms with Gasteiger partial charge in [-0.25, -0.2) is 0 Å². The molecule has 3 heterocycles. The maximum atomic E-state index is 12.7. The number of nitrogens with zero attached hydrogens (tertiary/aromatic N) is 3. The van der Waals surface area contributed by atoms with Crippen LogP contribution in [0.2, 0.25) is 0 Å². The average Bonchev–Trinajstić information content (AvgIpc) is 3.28. The fraction of sp³-hybridized carbons (Fsp3) is 0.278. The standard InChI is InChI=1S/C18H18N4OS/c1-2-15-17(24-21-20-15)18(23)22-9-7-12(8-10-22)14-11-19-16-6-4-3-5-13(14)16/h3-7,11,19H,2,8-10H2,1H3. The topological polar surface area (TPSA) is 61.9 Å². The predicted octanol–water partition coefficient (Wildman–Crippen LogP) is 3.51. The molecule has 122 valence electrons. The lowest BCUT2D eigenvalue weighted by Gasteiger charge is -2.26. The Hall–Kier alpha value is -2.47. The number of fused-ring (bicyclic) bond motifs is 1. The molecule has 0 atom stereocenters. The molecular weight excluding hydrogens is 320 g/mol. The number of aromatic nitrogens is 3. The number of rotatable bonds is 3. The summed E-state index contributed by atoms with van der Waals surface area (Å²) in [5, 5.41) is 5.28. The summed E-state index contributed by atoms with van der Waals surface area (Å²) >= 11 is 1.20. The highest BCUT2D eigenvalue weighted by atomic mass is 32.1. The molecule has 5 nitrogen and oxygen atoms in total. The molecular formula is C18H18N4OS. The largest absolute Gasteiger partial charge is 0.361 e. The Balaban J connectivity index is 1.56. The number of amides is 1. The van der Waals surface area contributed by atoms with Gasteiger partial charge in [0.1, 0.15) is 4.88 Å². The van der Waals surface area contributed by atoms with Gasteiger partial charge in [-0.3, -0.25) is 4.79 Å². The smallest absolute Gasteiger partial charge is 0.267 e. The van der Waals surface area contributed by atoms with Crippen LogP contribution in [0.15, 0.2) is 36.5 Å². The van der Waals surface area contributed by atoms with E-state index in [1.807, 2.05) is 17.9 Å². The van der Waals surface area contributed by atoms with Crippen LogP contribution in [0.1, 0.15) is 34.3 Å². The highest BCUT2D eigenvalue weighted by molar-refractivity contribution is 7.08. The van der Waals surface area contributed by atoms with Crippen molar-refractivity contribution in [2.45, 2.75) is 19.8 Å². The molecule has 0 unspecified atom stereocenters. The van der Waals surface area contributed by atoms with Crippen LogP contribution in [-0.2, 0) is 6.42 Å². The quantitative estimate of drug-likeness (QED) is 0.795. The van der Waals surface area contributed by atoms with Crippen molar-refractivity contribution in [3.05, 3.63) is 52.7 Å². The van der Waals surface area contributed by atoms with E-state index in [2.05, 4.69) is 45.0 Å². The summed E-state index contributed by atoms with van der Waals surface area (Å²) in [6, 6.07) is 8.31. The van der Waals surface area contributed by atoms with Crippen molar-refractivity contribution < 1.29 is 4.79 Å². The van der Waals surface area contributed by atoms with Crippen LogP contribution in [0.4, 0.5) is 0 Å². The van der Waals surface area contributed by atoms with Crippen molar-refractivity contribution in [1.82, 2.24) is 19.5 Å². The van der Waals surface area contributed by atoms with Gasteiger partial charge in [-0.1, -0.05) is 35.7 Å². The Bertz CT molecular complexity index is 924. The number of hydrogen-bond donors (Lipinski definition) is 1. The van der Waals surface area contributed by atoms with E-state index >= 15 is 0 Å². The molecule has 6 heteroatoms. The molecule has 0 aliphatic carbocycles. The van der Waals surface area contributed by atoms with Gasteiger partial charge in [0, 0.05) is 35.8 Å². The number of para-hydroxylation sites is 1. The van der Waals surface area contributed by atoms with Gasteiger partial charge in [0.2, 0.25) is 0 Å². The summed E-state index contributed by atoms with van der Waals surface area (Å²) < 4.78 is 3.92. The van der Waals surface area contributed by atoms with Gasteiger partial charge in [0.05, 0.1) is 5.69 Å². The molecule has 0 bridgehead atoms. The van der Waals surface area contributed by atoms with Crippen LogP contribution in [0, 0.1) is 0 Å². The molecule has 24 heavy (non-hydrogen) atoms. The van der Waals surface area contributed by atoms with E-state index in [9.17, 15) is 4.79 Å². The minimum atomic E-state index is 0.0519. The number of H-pyrrole nitrogens is 1. The summed E-state index contributed by atoms with van der Waals surface area (Å²) in [4.78, 5) is 18.6. The number of aromatic amines is 1. The second-order valence-corrected chi connectivity index (χ2v) is 6.63. The Labute approximate surface area is 144 Å². The van der Waals surface area contributed by atoms with Crippen molar-refractivity contribution in [1.29, 1.82) is 0 Å². The zero-order valence-electron chi connectivity index (χ0n) is 13.5. The summed E-state index contributed by atoms with van der Waals surface area (Å²) in [7, 11) is 0. The van der Waals surface area contributed by atoms with Crippen molar-refractivity contribution >= 4 is 33.9 Å². The summed E-state index contributed by atoms with van der Waals surface area (Å²) in [5.41, 5.74) is 4.49. The number of hydrogen-bond acceptors (Lipinski definition) is 4. The predicted molar refractivity (Wildman–Crippen MR) is 96.1 cm³/mol. The van der Waals surface area contributed by atoms with Crippen LogP contribution in [-0.4, -0.2) is 38.5 Å². The van der Waals surface area contributed by atoms with Gasteiger partial charge >= 0.3 is 0 Å². The first-order chi connectivity index (χ1) is 11.8. The van der Waals surface area contributed by atoms with Gasteiger partial charge < -0.3 is 9.88 Å². The van der Waals surface area contributed by atoms with E-state index in [0.29, 0.717) is 11.4 Å². The monoisotopic (exact) mass is 338 g/mol. The van der Waals surface area contributed by atoms with Gasteiger partial charge in [0.25, 0.3) is 5.91 Å². The molecule has 0 fully saturated rings. The molecule has 1 aliphatic rings. The lowest BCUT2D eigenvalue weighted by atomic mass is 9.99. The Morgan fingerprint density at radius 2 is 2.25 bits per heavy atom. The normalized spacial score (nSPS) is 14.9. The number of benzene rings is 1. The molecule has 1 aromatic carbocycles. The second kappa shape index (κ2) is 6.20. The molecule has 4 rings (SSSR count). The molecule has 0 spiro atoms. The zero-order valence-corrected chi connectivity index (χ0v) is 14.3. The summed E-state index contributed by atoms with van der Waals surface area (Å²) in [6.45, 7) is 3.36. The lowest BCUT2D eigenvalue weighted by molar-refractivity contribution is 0.0776. The maximum Gasteiger partial charge on any atom is 0.267 e. The van der Waals surface area contributed by atoms with Crippen molar-refractivity contribution in [2.75, 3.05) is 13.1 Å². The van der Waals surface area contributed by atoms with Gasteiger partial charge in [-0.05, 0) is 36.0 Å². The molecule has 3 aromatic rings. The van der Waals surface area contributed by atoms with Crippen molar-refractivity contribution in [3.63, 3.8) is 0 Å². The van der Waals surface area contributed by atoms with Gasteiger partial charge in [-0.15, -0.1) is 5.10 Å². The van der Waals surface area contributed by atoms with E-state index in [1.54, 1.807) is 0 Å². The number of carbonyl (C=O) groups is 1. The number of aryl methyl sites for hydroxylation is 1. The molecule has 0 radical (unpaired) electrons. The SMILES string of the molecule is CCc1nnsc1C(=O)N1CC=C(c2c[nH]c3ccccc23)CC1. The third-order valence-corrected chi connectivity index (χ3v) is 5.27. The number of carbonyl (C=O) groups excluding carboxylic acids is 1. The number of nitrogens with one attached hydrogen (secondary N) is 1. The second-order valence-electron chi connectivity index (χ2n) is 5.88. The molecule has 2 aromatic heterocycles. The average molecular weight is 338 g/mol. The van der Waals surface area contributed by atoms with Gasteiger partial charge in [-0.2, -0.15) is 0 Å². The third kappa shape index (κ3) is 2.53. The summed E-state index contributed by atoms with van der Waals surface area (Å²) in [6.07, 6.45) is 5.83. The molecule has 0 saturated heterocycles. The van der Waals surface area contributed by atoms with Crippen LogP contribution in [0.3, 0.4) is 0 Å². The Morgan fingerprint density at radius 1 is 1.38 bits per heavy atom. The van der Waals surface area contributed by atoms with Gasteiger partial charge in [0.15, 0.2) is 0 Å². The molecule has 1 N–H and O–H groups in total. The van der Waals surface area contributed by atoms with Crippen LogP contribution in [0.25, 0.3) is 16.5 Å². The minimum absolute atomic E-state index is 0.0519. The fourth-order valence-corrected chi connectivity index (χ4v) is 3.90. The zero-order chi connectivity index (χ0) is 16.5. The molecule has 1 amide bonds. The van der Waals surface area contributed by atoms with Crippen molar-refractivity contribution in [2.24, 2.45) is 0 Å². The minimum Gasteiger partial charge on any atom is -0.361 e. The maximum absolute atomic E-state index is 12.7. The van der Waals surface area contributed by atoms with E-state index in [0.717, 1.165) is 30.6 Å². The fourth-order valence-electron chi connectivity index (χ4n) is 3.18. The van der Waals surface area contributed by atoms with Crippen molar-refractivity contribution in [3.8, 4) is 0 Å². The molecule has 1 aliphatic heterocycles. The van der Waals surface area contributed by atoms with Crippen LogP contribution >= 0.6 is 11.5 Å². The lowest BCUT2D eigenvalue weighted by Crippen LogP contribution is -2.34. The van der Waals surface area contributed by atoms with Crippen LogP contribution in [0.5, 0.6) is 0 Å². The Kier molecular flexibility index (Phi) is 3.90. The highest BCUT2D eigenvalue weighted by Gasteiger charge is 2.24. The first kappa shape index (κ1) is 15.1. The van der Waals surface area contributed by atoms with Crippen LogP contribution < -0.4 is 0 Å². The summed E-state index contributed by atoms with van der Waals surface area (Å²) in [5.74, 6) is 0.0519. The third-order valence-electron chi connectivity index (χ3n) is 4.52. The first-order valence-corrected chi connectivity index (χ1v) is 8.91. The highest BCUT2D eigenvalue weighted by Crippen LogP contribution is 2.29. The Morgan fingerprint density at radius 3 is 3.04 bits per heavy atom. The van der Waals surface area contributed by atoms with E-state index < -0.39 is 0 Å². The van der Waals surface area contributed by atoms with E-state index in [1.165, 1.54) is 28.1 Å².